The molecular weight excluding hydrogens is 600 g/mol. The Morgan fingerprint density at radius 2 is 0.957 bits per heavy atom. The third-order valence-electron chi connectivity index (χ3n) is 7.24. The Bertz CT molecular complexity index is 1480. The van der Waals surface area contributed by atoms with Gasteiger partial charge in [0.15, 0.2) is 0 Å². The first kappa shape index (κ1) is 36.2. The van der Waals surface area contributed by atoms with Crippen LogP contribution in [0.5, 0.6) is 5.75 Å². The average Bonchev–Trinajstić information content (AvgIpc) is 3.04. The van der Waals surface area contributed by atoms with E-state index in [1.165, 1.54) is 31.7 Å². The Morgan fingerprint density at radius 1 is 0.574 bits per heavy atom. The minimum absolute atomic E-state index is 0.0148. The summed E-state index contributed by atoms with van der Waals surface area (Å²) in [5.41, 5.74) is 13.3. The second kappa shape index (κ2) is 18.1. The van der Waals surface area contributed by atoms with Crippen molar-refractivity contribution in [2.45, 2.75) is 33.5 Å². The van der Waals surface area contributed by atoms with E-state index >= 15 is 0 Å². The van der Waals surface area contributed by atoms with Crippen LogP contribution < -0.4 is 11.5 Å². The summed E-state index contributed by atoms with van der Waals surface area (Å²) in [7, 11) is 0. The number of benzene rings is 3. The summed E-state index contributed by atoms with van der Waals surface area (Å²) in [5, 5.41) is 9.78. The van der Waals surface area contributed by atoms with Crippen molar-refractivity contribution in [1.82, 2.24) is 19.6 Å². The summed E-state index contributed by atoms with van der Waals surface area (Å²) in [6.07, 6.45) is 0. The number of aromatic hydroxyl groups is 1. The van der Waals surface area contributed by atoms with Gasteiger partial charge in [0.2, 0.25) is 29.5 Å². The lowest BCUT2D eigenvalue weighted by Crippen LogP contribution is -2.50. The molecule has 0 unspecified atom stereocenters. The van der Waals surface area contributed by atoms with Gasteiger partial charge in [-0.1, -0.05) is 86.6 Å². The van der Waals surface area contributed by atoms with E-state index in [0.29, 0.717) is 12.1 Å². The third-order valence-corrected chi connectivity index (χ3v) is 7.24. The van der Waals surface area contributed by atoms with Gasteiger partial charge < -0.3 is 36.2 Å². The first-order valence-corrected chi connectivity index (χ1v) is 15.4. The van der Waals surface area contributed by atoms with Crippen LogP contribution in [0.3, 0.4) is 0 Å². The topological polar surface area (TPSA) is 171 Å². The number of carbonyl (C=O) groups is 5. The maximum Gasteiger partial charge on any atom is 0.242 e. The SMILES string of the molecule is CC(C)CN(CC(=O)N(CC(=O)N(CC(=O)N(CC(N)=O)Cc1ccccc1)Cc1ccc(O)cc1)Cc1ccccc1)C(=O)CN. The van der Waals surface area contributed by atoms with Crippen molar-refractivity contribution in [3.63, 3.8) is 0 Å². The lowest BCUT2D eigenvalue weighted by atomic mass is 10.1. The molecule has 0 saturated heterocycles. The van der Waals surface area contributed by atoms with E-state index in [0.717, 1.165) is 11.1 Å². The van der Waals surface area contributed by atoms with Crippen molar-refractivity contribution < 1.29 is 29.1 Å². The summed E-state index contributed by atoms with van der Waals surface area (Å²) in [5.74, 6) is -2.48. The zero-order valence-corrected chi connectivity index (χ0v) is 27.0. The number of primary amides is 1. The van der Waals surface area contributed by atoms with Gasteiger partial charge in [0, 0.05) is 26.2 Å². The normalized spacial score (nSPS) is 10.7. The van der Waals surface area contributed by atoms with E-state index in [-0.39, 0.29) is 63.4 Å². The van der Waals surface area contributed by atoms with Crippen LogP contribution in [0.15, 0.2) is 84.9 Å². The minimum Gasteiger partial charge on any atom is -0.508 e. The Labute approximate surface area is 275 Å². The highest BCUT2D eigenvalue weighted by atomic mass is 16.3. The quantitative estimate of drug-likeness (QED) is 0.201. The molecule has 5 N–H and O–H groups in total. The summed E-state index contributed by atoms with van der Waals surface area (Å²) < 4.78 is 0. The van der Waals surface area contributed by atoms with E-state index in [4.69, 9.17) is 11.5 Å². The zero-order valence-electron chi connectivity index (χ0n) is 27.0. The van der Waals surface area contributed by atoms with Crippen molar-refractivity contribution in [3.8, 4) is 5.75 Å². The molecule has 12 nitrogen and oxygen atoms in total. The van der Waals surface area contributed by atoms with Gasteiger partial charge in [-0.2, -0.15) is 0 Å². The number of hydrogen-bond acceptors (Lipinski definition) is 7. The molecule has 0 fully saturated rings. The molecule has 0 spiro atoms. The lowest BCUT2D eigenvalue weighted by Gasteiger charge is -2.31. The molecule has 12 heteroatoms. The fourth-order valence-electron chi connectivity index (χ4n) is 4.93. The molecule has 0 aliphatic heterocycles. The van der Waals surface area contributed by atoms with Gasteiger partial charge in [0.1, 0.15) is 18.8 Å². The van der Waals surface area contributed by atoms with Crippen LogP contribution in [0.1, 0.15) is 30.5 Å². The van der Waals surface area contributed by atoms with Crippen molar-refractivity contribution in [1.29, 1.82) is 0 Å². The predicted octanol–water partition coefficient (Wildman–Crippen LogP) is 1.71. The standard InChI is InChI=1S/C35H44N6O6/c1-26(2)18-38(32(44)17-36)23-34(46)40(20-28-11-7-4-8-12-28)25-35(47)41(21-29-13-15-30(42)16-14-29)24-33(45)39(22-31(37)43)19-27-9-5-3-6-10-27/h3-16,26,42H,17-25,36H2,1-2H3,(H2,37,43). The number of carbonyl (C=O) groups excluding carboxylic acids is 5. The molecule has 0 aliphatic rings. The molecule has 250 valence electrons. The molecule has 5 amide bonds. The number of phenols is 1. The Morgan fingerprint density at radius 3 is 1.34 bits per heavy atom. The fourth-order valence-corrected chi connectivity index (χ4v) is 4.93. The summed E-state index contributed by atoms with van der Waals surface area (Å²) in [6, 6.07) is 24.4. The van der Waals surface area contributed by atoms with Gasteiger partial charge in [-0.3, -0.25) is 24.0 Å². The lowest BCUT2D eigenvalue weighted by molar-refractivity contribution is -0.147. The highest BCUT2D eigenvalue weighted by Crippen LogP contribution is 2.15. The van der Waals surface area contributed by atoms with E-state index in [9.17, 15) is 29.1 Å². The van der Waals surface area contributed by atoms with Crippen LogP contribution in [0.2, 0.25) is 0 Å². The smallest absolute Gasteiger partial charge is 0.242 e. The van der Waals surface area contributed by atoms with E-state index < -0.39 is 30.2 Å². The van der Waals surface area contributed by atoms with Crippen LogP contribution in [-0.2, 0) is 43.6 Å². The molecule has 0 saturated carbocycles. The molecular formula is C35H44N6O6. The second-order valence-electron chi connectivity index (χ2n) is 11.7. The Balaban J connectivity index is 1.91. The van der Waals surface area contributed by atoms with E-state index in [1.54, 1.807) is 12.1 Å². The zero-order chi connectivity index (χ0) is 34.3. The Kier molecular flexibility index (Phi) is 13.9. The van der Waals surface area contributed by atoms with Crippen LogP contribution in [0.4, 0.5) is 0 Å². The summed E-state index contributed by atoms with van der Waals surface area (Å²) in [4.78, 5) is 71.2. The van der Waals surface area contributed by atoms with Gasteiger partial charge in [-0.05, 0) is 34.7 Å². The van der Waals surface area contributed by atoms with Gasteiger partial charge in [0.25, 0.3) is 0 Å². The first-order chi connectivity index (χ1) is 22.4. The number of hydrogen-bond donors (Lipinski definition) is 3. The first-order valence-electron chi connectivity index (χ1n) is 15.4. The van der Waals surface area contributed by atoms with Crippen molar-refractivity contribution in [2.24, 2.45) is 17.4 Å². The summed E-state index contributed by atoms with van der Waals surface area (Å²) in [6.45, 7) is 2.65. The van der Waals surface area contributed by atoms with Gasteiger partial charge in [-0.25, -0.2) is 0 Å². The van der Waals surface area contributed by atoms with Crippen molar-refractivity contribution in [3.05, 3.63) is 102 Å². The number of nitrogens with two attached hydrogens (primary N) is 2. The monoisotopic (exact) mass is 644 g/mol. The molecule has 0 radical (unpaired) electrons. The highest BCUT2D eigenvalue weighted by molar-refractivity contribution is 5.91. The van der Waals surface area contributed by atoms with Crippen LogP contribution >= 0.6 is 0 Å². The summed E-state index contributed by atoms with van der Waals surface area (Å²) >= 11 is 0. The van der Waals surface area contributed by atoms with Gasteiger partial charge >= 0.3 is 0 Å². The molecule has 3 aromatic rings. The highest BCUT2D eigenvalue weighted by Gasteiger charge is 2.28. The van der Waals surface area contributed by atoms with Crippen LogP contribution in [-0.4, -0.2) is 93.5 Å². The fraction of sp³-hybridized carbons (Fsp3) is 0.343. The second-order valence-corrected chi connectivity index (χ2v) is 11.7. The molecule has 3 rings (SSSR count). The third kappa shape index (κ3) is 12.2. The number of amides is 5. The number of phenolic OH excluding ortho intramolecular Hbond substituents is 1. The molecule has 47 heavy (non-hydrogen) atoms. The molecule has 3 aromatic carbocycles. The minimum atomic E-state index is -0.705. The molecule has 0 atom stereocenters. The number of nitrogens with zero attached hydrogens (tertiary/aromatic N) is 4. The van der Waals surface area contributed by atoms with E-state index in [1.807, 2.05) is 74.5 Å². The van der Waals surface area contributed by atoms with Gasteiger partial charge in [0.05, 0.1) is 19.6 Å². The van der Waals surface area contributed by atoms with Crippen molar-refractivity contribution >= 4 is 29.5 Å². The molecule has 0 heterocycles. The maximum absolute atomic E-state index is 14.0. The average molecular weight is 645 g/mol. The van der Waals surface area contributed by atoms with E-state index in [2.05, 4.69) is 0 Å². The van der Waals surface area contributed by atoms with Crippen molar-refractivity contribution in [2.75, 3.05) is 39.3 Å². The molecule has 0 aliphatic carbocycles. The number of rotatable bonds is 17. The van der Waals surface area contributed by atoms with Gasteiger partial charge in [-0.15, -0.1) is 0 Å². The Hall–Kier alpha value is -5.23. The van der Waals surface area contributed by atoms with Crippen LogP contribution in [0.25, 0.3) is 0 Å². The maximum atomic E-state index is 14.0. The van der Waals surface area contributed by atoms with Crippen LogP contribution in [0, 0.1) is 5.92 Å². The molecule has 0 aromatic heterocycles. The molecule has 0 bridgehead atoms. The largest absolute Gasteiger partial charge is 0.508 e. The predicted molar refractivity (Wildman–Crippen MR) is 177 cm³/mol.